The zero-order valence-corrected chi connectivity index (χ0v) is 13.5. The number of likely N-dealkylation sites (tertiary alicyclic amines) is 1. The number of morpholine rings is 1. The summed E-state index contributed by atoms with van der Waals surface area (Å²) in [6.07, 6.45) is 1.07. The normalized spacial score (nSPS) is 23.9. The predicted molar refractivity (Wildman–Crippen MR) is 84.3 cm³/mol. The molecule has 0 saturated carbocycles. The van der Waals surface area contributed by atoms with Crippen molar-refractivity contribution in [2.45, 2.75) is 31.9 Å². The quantitative estimate of drug-likeness (QED) is 0.889. The van der Waals surface area contributed by atoms with Crippen molar-refractivity contribution in [1.82, 2.24) is 10.2 Å². The standard InChI is InChI=1S/C17H22N2O4/c1-11-3-4-14(22-2)12(7-11)8-17(21)19-6-5-15-13(9-19)18-16(20)10-23-15/h3-4,7,13,15H,5-6,8-10H2,1-2H3,(H,18,20)/t13-,15-/m0/s1. The van der Waals surface area contributed by atoms with E-state index >= 15 is 0 Å². The Kier molecular flexibility index (Phi) is 4.52. The van der Waals surface area contributed by atoms with Gasteiger partial charge in [-0.05, 0) is 19.4 Å². The van der Waals surface area contributed by atoms with E-state index in [1.165, 1.54) is 0 Å². The van der Waals surface area contributed by atoms with Crippen LogP contribution in [-0.4, -0.2) is 55.7 Å². The third-order valence-corrected chi connectivity index (χ3v) is 4.45. The van der Waals surface area contributed by atoms with Gasteiger partial charge < -0.3 is 19.7 Å². The Morgan fingerprint density at radius 1 is 1.48 bits per heavy atom. The van der Waals surface area contributed by atoms with E-state index in [0.29, 0.717) is 19.5 Å². The summed E-state index contributed by atoms with van der Waals surface area (Å²) in [7, 11) is 1.61. The van der Waals surface area contributed by atoms with Crippen molar-refractivity contribution in [1.29, 1.82) is 0 Å². The van der Waals surface area contributed by atoms with Gasteiger partial charge in [0, 0.05) is 18.7 Å². The molecule has 6 heteroatoms. The highest BCUT2D eigenvalue weighted by Crippen LogP contribution is 2.23. The summed E-state index contributed by atoms with van der Waals surface area (Å²) in [6.45, 7) is 3.27. The van der Waals surface area contributed by atoms with Crippen LogP contribution in [0.1, 0.15) is 17.5 Å². The summed E-state index contributed by atoms with van der Waals surface area (Å²) >= 11 is 0. The largest absolute Gasteiger partial charge is 0.496 e. The van der Waals surface area contributed by atoms with Crippen molar-refractivity contribution in [3.05, 3.63) is 29.3 Å². The number of benzene rings is 1. The number of carbonyl (C=O) groups is 2. The summed E-state index contributed by atoms with van der Waals surface area (Å²) in [4.78, 5) is 25.9. The van der Waals surface area contributed by atoms with Gasteiger partial charge in [0.05, 0.1) is 25.7 Å². The molecule has 0 aromatic heterocycles. The lowest BCUT2D eigenvalue weighted by Crippen LogP contribution is -2.61. The molecule has 0 unspecified atom stereocenters. The van der Waals surface area contributed by atoms with Crippen molar-refractivity contribution < 1.29 is 19.1 Å². The molecule has 2 heterocycles. The lowest BCUT2D eigenvalue weighted by molar-refractivity contribution is -0.146. The van der Waals surface area contributed by atoms with Crippen LogP contribution in [0.25, 0.3) is 0 Å². The topological polar surface area (TPSA) is 67.9 Å². The molecule has 2 aliphatic heterocycles. The van der Waals surface area contributed by atoms with Gasteiger partial charge in [0.25, 0.3) is 0 Å². The third-order valence-electron chi connectivity index (χ3n) is 4.45. The van der Waals surface area contributed by atoms with Gasteiger partial charge in [-0.3, -0.25) is 9.59 Å². The number of nitrogens with zero attached hydrogens (tertiary/aromatic N) is 1. The monoisotopic (exact) mass is 318 g/mol. The maximum absolute atomic E-state index is 12.6. The van der Waals surface area contributed by atoms with E-state index in [0.717, 1.165) is 23.3 Å². The van der Waals surface area contributed by atoms with E-state index in [4.69, 9.17) is 9.47 Å². The number of nitrogens with one attached hydrogen (secondary N) is 1. The fraction of sp³-hybridized carbons (Fsp3) is 0.529. The lowest BCUT2D eigenvalue weighted by Gasteiger charge is -2.41. The molecule has 0 bridgehead atoms. The number of ether oxygens (including phenoxy) is 2. The number of amides is 2. The second kappa shape index (κ2) is 6.58. The van der Waals surface area contributed by atoms with E-state index < -0.39 is 0 Å². The highest BCUT2D eigenvalue weighted by molar-refractivity contribution is 5.81. The van der Waals surface area contributed by atoms with Gasteiger partial charge in [-0.2, -0.15) is 0 Å². The molecule has 0 radical (unpaired) electrons. The average Bonchev–Trinajstić information content (AvgIpc) is 2.54. The van der Waals surface area contributed by atoms with E-state index in [2.05, 4.69) is 5.32 Å². The van der Waals surface area contributed by atoms with Crippen molar-refractivity contribution in [2.24, 2.45) is 0 Å². The van der Waals surface area contributed by atoms with Crippen molar-refractivity contribution >= 4 is 11.8 Å². The van der Waals surface area contributed by atoms with E-state index in [1.54, 1.807) is 12.0 Å². The molecule has 2 aliphatic rings. The van der Waals surface area contributed by atoms with Gasteiger partial charge in [-0.25, -0.2) is 0 Å². The van der Waals surface area contributed by atoms with Gasteiger partial charge in [0.1, 0.15) is 12.4 Å². The molecule has 23 heavy (non-hydrogen) atoms. The molecule has 0 aliphatic carbocycles. The molecule has 0 spiro atoms. The number of carbonyl (C=O) groups excluding carboxylic acids is 2. The number of hydrogen-bond donors (Lipinski definition) is 1. The summed E-state index contributed by atoms with van der Waals surface area (Å²) in [5.41, 5.74) is 1.99. The Morgan fingerprint density at radius 3 is 3.09 bits per heavy atom. The molecule has 124 valence electrons. The number of fused-ring (bicyclic) bond motifs is 1. The molecule has 1 aromatic carbocycles. The minimum absolute atomic E-state index is 0.0188. The second-order valence-electron chi connectivity index (χ2n) is 6.14. The van der Waals surface area contributed by atoms with Crippen molar-refractivity contribution in [3.63, 3.8) is 0 Å². The minimum Gasteiger partial charge on any atom is -0.496 e. The smallest absolute Gasteiger partial charge is 0.246 e. The predicted octanol–water partition coefficient (Wildman–Crippen LogP) is 0.662. The van der Waals surface area contributed by atoms with Gasteiger partial charge in [0.15, 0.2) is 0 Å². The Bertz CT molecular complexity index is 617. The number of aryl methyl sites for hydroxylation is 1. The second-order valence-corrected chi connectivity index (χ2v) is 6.14. The van der Waals surface area contributed by atoms with E-state index in [9.17, 15) is 9.59 Å². The summed E-state index contributed by atoms with van der Waals surface area (Å²) in [6, 6.07) is 5.73. The first-order chi connectivity index (χ1) is 11.1. The SMILES string of the molecule is COc1ccc(C)cc1CC(=O)N1CC[C@@H]2OCC(=O)N[C@H]2C1. The van der Waals surface area contributed by atoms with E-state index in [-0.39, 0.29) is 30.6 Å². The van der Waals surface area contributed by atoms with E-state index in [1.807, 2.05) is 25.1 Å². The first-order valence-corrected chi connectivity index (χ1v) is 7.89. The number of rotatable bonds is 3. The zero-order chi connectivity index (χ0) is 16.4. The van der Waals surface area contributed by atoms with Gasteiger partial charge in [0.2, 0.25) is 11.8 Å². The maximum atomic E-state index is 12.6. The first kappa shape index (κ1) is 15.8. The number of hydrogen-bond acceptors (Lipinski definition) is 4. The fourth-order valence-electron chi connectivity index (χ4n) is 3.25. The molecule has 2 saturated heterocycles. The van der Waals surface area contributed by atoms with Crippen LogP contribution in [0.2, 0.25) is 0 Å². The minimum atomic E-state index is -0.110. The van der Waals surface area contributed by atoms with Crippen LogP contribution in [0.4, 0.5) is 0 Å². The highest BCUT2D eigenvalue weighted by atomic mass is 16.5. The van der Waals surface area contributed by atoms with Crippen LogP contribution in [-0.2, 0) is 20.7 Å². The number of piperidine rings is 1. The molecule has 2 amide bonds. The summed E-state index contributed by atoms with van der Waals surface area (Å²) < 4.78 is 10.9. The first-order valence-electron chi connectivity index (χ1n) is 7.89. The Morgan fingerprint density at radius 2 is 2.30 bits per heavy atom. The van der Waals surface area contributed by atoms with Crippen molar-refractivity contribution in [2.75, 3.05) is 26.8 Å². The molecule has 2 fully saturated rings. The molecular weight excluding hydrogens is 296 g/mol. The molecule has 6 nitrogen and oxygen atoms in total. The lowest BCUT2D eigenvalue weighted by atomic mass is 9.99. The van der Waals surface area contributed by atoms with Crippen LogP contribution in [0, 0.1) is 6.92 Å². The van der Waals surface area contributed by atoms with Crippen LogP contribution in [0.5, 0.6) is 5.75 Å². The Hall–Kier alpha value is -2.08. The van der Waals surface area contributed by atoms with Gasteiger partial charge in [-0.15, -0.1) is 0 Å². The van der Waals surface area contributed by atoms with Gasteiger partial charge in [-0.1, -0.05) is 17.7 Å². The van der Waals surface area contributed by atoms with Gasteiger partial charge >= 0.3 is 0 Å². The molecule has 1 N–H and O–H groups in total. The zero-order valence-electron chi connectivity index (χ0n) is 13.5. The molecule has 1 aromatic rings. The summed E-state index contributed by atoms with van der Waals surface area (Å²) in [5, 5.41) is 2.92. The average molecular weight is 318 g/mol. The fourth-order valence-corrected chi connectivity index (χ4v) is 3.25. The summed E-state index contributed by atoms with van der Waals surface area (Å²) in [5.74, 6) is 0.668. The third kappa shape index (κ3) is 3.47. The van der Waals surface area contributed by atoms with Crippen LogP contribution < -0.4 is 10.1 Å². The van der Waals surface area contributed by atoms with Crippen LogP contribution >= 0.6 is 0 Å². The molecule has 2 atom stereocenters. The van der Waals surface area contributed by atoms with Crippen LogP contribution in [0.3, 0.4) is 0 Å². The Balaban J connectivity index is 1.67. The molecule has 3 rings (SSSR count). The van der Waals surface area contributed by atoms with Crippen LogP contribution in [0.15, 0.2) is 18.2 Å². The van der Waals surface area contributed by atoms with Crippen molar-refractivity contribution in [3.8, 4) is 5.75 Å². The maximum Gasteiger partial charge on any atom is 0.246 e. The highest BCUT2D eigenvalue weighted by Gasteiger charge is 2.36. The number of methoxy groups -OCH3 is 1. The Labute approximate surface area is 135 Å². The molecular formula is C17H22N2O4.